The molecule has 2 aliphatic carbocycles. The fraction of sp³-hybridized carbons (Fsp3) is 0.348. The van der Waals surface area contributed by atoms with E-state index in [1.165, 1.54) is 25.7 Å². The smallest absolute Gasteiger partial charge is 0.211 e. The molecule has 1 saturated carbocycles. The lowest BCUT2D eigenvalue weighted by atomic mass is 9.97. The van der Waals surface area contributed by atoms with Crippen LogP contribution in [0.2, 0.25) is 0 Å². The van der Waals surface area contributed by atoms with Gasteiger partial charge in [-0.1, -0.05) is 54.7 Å². The normalized spacial score (nSPS) is 18.0. The molecule has 5 heteroatoms. The van der Waals surface area contributed by atoms with E-state index in [0.29, 0.717) is 18.4 Å². The van der Waals surface area contributed by atoms with Crippen molar-refractivity contribution < 1.29 is 14.8 Å². The first-order valence-electron chi connectivity index (χ1n) is 9.83. The fourth-order valence-electron chi connectivity index (χ4n) is 4.12. The largest absolute Gasteiger partial charge is 0.411 e. The number of ketones is 2. The van der Waals surface area contributed by atoms with E-state index in [1.807, 2.05) is 36.4 Å². The average molecular weight is 394 g/mol. The number of oxime groups is 1. The number of carbonyl (C=O) groups excluding carboxylic acids is 2. The van der Waals surface area contributed by atoms with Gasteiger partial charge in [0, 0.05) is 33.8 Å². The summed E-state index contributed by atoms with van der Waals surface area (Å²) in [5, 5.41) is 12.0. The maximum absolute atomic E-state index is 12.4. The van der Waals surface area contributed by atoms with Gasteiger partial charge in [-0.05, 0) is 48.2 Å². The number of benzene rings is 2. The zero-order valence-electron chi connectivity index (χ0n) is 15.7. The number of hydrogen-bond donors (Lipinski definition) is 1. The number of Topliss-reactive ketones (excluding diaryl/α,β-unsaturated/α-hetero) is 2. The van der Waals surface area contributed by atoms with Crippen molar-refractivity contribution in [1.29, 1.82) is 0 Å². The van der Waals surface area contributed by atoms with Gasteiger partial charge in [0.1, 0.15) is 5.71 Å². The monoisotopic (exact) mass is 393 g/mol. The van der Waals surface area contributed by atoms with E-state index in [0.717, 1.165) is 33.3 Å². The molecular weight excluding hydrogens is 370 g/mol. The predicted molar refractivity (Wildman–Crippen MR) is 110 cm³/mol. The van der Waals surface area contributed by atoms with Crippen LogP contribution in [-0.2, 0) is 6.42 Å². The molecule has 0 aromatic heterocycles. The van der Waals surface area contributed by atoms with Gasteiger partial charge in [0.2, 0.25) is 5.78 Å². The second kappa shape index (κ2) is 8.31. The summed E-state index contributed by atoms with van der Waals surface area (Å²) < 4.78 is 0. The predicted octanol–water partition coefficient (Wildman–Crippen LogP) is 5.56. The van der Waals surface area contributed by atoms with Crippen molar-refractivity contribution in [2.45, 2.75) is 54.7 Å². The first kappa shape index (κ1) is 18.9. The summed E-state index contributed by atoms with van der Waals surface area (Å²) in [5.41, 5.74) is 2.48. The molecule has 1 N–H and O–H groups in total. The molecule has 4 rings (SSSR count). The molecule has 0 spiro atoms. The first-order chi connectivity index (χ1) is 13.6. The van der Waals surface area contributed by atoms with Gasteiger partial charge in [0.15, 0.2) is 5.78 Å². The quantitative estimate of drug-likeness (QED) is 0.396. The van der Waals surface area contributed by atoms with Crippen molar-refractivity contribution >= 4 is 29.0 Å². The van der Waals surface area contributed by atoms with Crippen LogP contribution in [0.25, 0.3) is 0 Å². The molecule has 2 aliphatic rings. The maximum Gasteiger partial charge on any atom is 0.211 e. The van der Waals surface area contributed by atoms with Crippen LogP contribution < -0.4 is 0 Å². The highest BCUT2D eigenvalue weighted by Gasteiger charge is 2.27. The SMILES string of the molecule is O=C(CCC1CCCC1)c1ccc(Sc2ccc3c(c2)CC(=NO)C3=O)cc1. The third kappa shape index (κ3) is 4.04. The van der Waals surface area contributed by atoms with Gasteiger partial charge < -0.3 is 5.21 Å². The van der Waals surface area contributed by atoms with E-state index in [1.54, 1.807) is 17.8 Å². The Morgan fingerprint density at radius 3 is 2.50 bits per heavy atom. The highest BCUT2D eigenvalue weighted by molar-refractivity contribution is 7.99. The minimum absolute atomic E-state index is 0.192. The van der Waals surface area contributed by atoms with E-state index in [2.05, 4.69) is 5.16 Å². The van der Waals surface area contributed by atoms with Crippen LogP contribution in [0, 0.1) is 5.92 Å². The standard InChI is InChI=1S/C23H23NO3S/c25-22(12-5-15-3-1-2-4-15)16-6-8-18(9-7-16)28-19-10-11-20-17(13-19)14-21(24-27)23(20)26/h6-11,13,15,27H,1-5,12,14H2. The first-order valence-corrected chi connectivity index (χ1v) is 10.7. The van der Waals surface area contributed by atoms with Crippen LogP contribution in [0.5, 0.6) is 0 Å². The Morgan fingerprint density at radius 2 is 1.79 bits per heavy atom. The minimum Gasteiger partial charge on any atom is -0.411 e. The van der Waals surface area contributed by atoms with Crippen LogP contribution in [0.1, 0.15) is 64.8 Å². The average Bonchev–Trinajstić information content (AvgIpc) is 3.34. The summed E-state index contributed by atoms with van der Waals surface area (Å²) >= 11 is 1.59. The van der Waals surface area contributed by atoms with E-state index in [9.17, 15) is 9.59 Å². The van der Waals surface area contributed by atoms with E-state index in [-0.39, 0.29) is 17.3 Å². The minimum atomic E-state index is -0.200. The molecule has 0 saturated heterocycles. The molecule has 0 bridgehead atoms. The van der Waals surface area contributed by atoms with Gasteiger partial charge in [0.25, 0.3) is 0 Å². The van der Waals surface area contributed by atoms with Crippen LogP contribution >= 0.6 is 11.8 Å². The van der Waals surface area contributed by atoms with E-state index >= 15 is 0 Å². The van der Waals surface area contributed by atoms with Crippen LogP contribution in [-0.4, -0.2) is 22.5 Å². The summed E-state index contributed by atoms with van der Waals surface area (Å²) in [6.45, 7) is 0. The highest BCUT2D eigenvalue weighted by atomic mass is 32.2. The Hall–Kier alpha value is -2.40. The number of carbonyl (C=O) groups is 2. The highest BCUT2D eigenvalue weighted by Crippen LogP contribution is 2.32. The molecule has 144 valence electrons. The molecule has 0 aliphatic heterocycles. The van der Waals surface area contributed by atoms with Gasteiger partial charge in [-0.2, -0.15) is 0 Å². The number of fused-ring (bicyclic) bond motifs is 1. The fourth-order valence-corrected chi connectivity index (χ4v) is 5.00. The molecule has 2 aromatic rings. The van der Waals surface area contributed by atoms with Crippen molar-refractivity contribution in [3.05, 3.63) is 59.2 Å². The summed E-state index contributed by atoms with van der Waals surface area (Å²) in [4.78, 5) is 26.5. The Bertz CT molecular complexity index is 927. The lowest BCUT2D eigenvalue weighted by Gasteiger charge is -2.08. The summed E-state index contributed by atoms with van der Waals surface area (Å²) in [7, 11) is 0. The van der Waals surface area contributed by atoms with E-state index < -0.39 is 0 Å². The van der Waals surface area contributed by atoms with Crippen LogP contribution in [0.15, 0.2) is 57.4 Å². The van der Waals surface area contributed by atoms with Crippen molar-refractivity contribution in [2.75, 3.05) is 0 Å². The molecular formula is C23H23NO3S. The molecule has 0 heterocycles. The third-order valence-corrected chi connectivity index (χ3v) is 6.73. The van der Waals surface area contributed by atoms with Crippen molar-refractivity contribution in [3.8, 4) is 0 Å². The van der Waals surface area contributed by atoms with Gasteiger partial charge in [-0.3, -0.25) is 9.59 Å². The molecule has 0 unspecified atom stereocenters. The Balaban J connectivity index is 1.38. The van der Waals surface area contributed by atoms with E-state index in [4.69, 9.17) is 5.21 Å². The Kier molecular flexibility index (Phi) is 5.62. The van der Waals surface area contributed by atoms with Gasteiger partial charge in [0.05, 0.1) is 0 Å². The molecule has 4 nitrogen and oxygen atoms in total. The second-order valence-corrected chi connectivity index (χ2v) is 8.76. The number of nitrogens with zero attached hydrogens (tertiary/aromatic N) is 1. The molecule has 2 aromatic carbocycles. The number of rotatable bonds is 6. The zero-order valence-corrected chi connectivity index (χ0v) is 16.5. The molecule has 0 radical (unpaired) electrons. The third-order valence-electron chi connectivity index (χ3n) is 5.73. The Morgan fingerprint density at radius 1 is 1.07 bits per heavy atom. The van der Waals surface area contributed by atoms with Crippen LogP contribution in [0.4, 0.5) is 0 Å². The second-order valence-electron chi connectivity index (χ2n) is 7.61. The van der Waals surface area contributed by atoms with Crippen molar-refractivity contribution in [1.82, 2.24) is 0 Å². The zero-order chi connectivity index (χ0) is 19.5. The summed E-state index contributed by atoms with van der Waals surface area (Å²) in [6.07, 6.45) is 7.22. The maximum atomic E-state index is 12.4. The molecule has 0 amide bonds. The van der Waals surface area contributed by atoms with Crippen molar-refractivity contribution in [3.63, 3.8) is 0 Å². The summed E-state index contributed by atoms with van der Waals surface area (Å²) in [6, 6.07) is 13.4. The van der Waals surface area contributed by atoms with Gasteiger partial charge >= 0.3 is 0 Å². The van der Waals surface area contributed by atoms with Crippen LogP contribution in [0.3, 0.4) is 0 Å². The molecule has 0 atom stereocenters. The lowest BCUT2D eigenvalue weighted by Crippen LogP contribution is -2.06. The lowest BCUT2D eigenvalue weighted by molar-refractivity contribution is 0.0973. The van der Waals surface area contributed by atoms with Gasteiger partial charge in [-0.25, -0.2) is 0 Å². The molecule has 1 fully saturated rings. The van der Waals surface area contributed by atoms with Crippen molar-refractivity contribution in [2.24, 2.45) is 11.1 Å². The summed E-state index contributed by atoms with van der Waals surface area (Å²) in [5.74, 6) is 0.770. The Labute approximate surface area is 169 Å². The molecule has 28 heavy (non-hydrogen) atoms. The topological polar surface area (TPSA) is 66.7 Å². The number of hydrogen-bond acceptors (Lipinski definition) is 5. The van der Waals surface area contributed by atoms with Gasteiger partial charge in [-0.15, -0.1) is 0 Å².